The largest absolute Gasteiger partial charge is 0.492 e. The Morgan fingerprint density at radius 3 is 2.29 bits per heavy atom. The zero-order chi connectivity index (χ0) is 32.7. The van der Waals surface area contributed by atoms with E-state index in [0.29, 0.717) is 17.3 Å². The van der Waals surface area contributed by atoms with E-state index in [-0.39, 0.29) is 34.7 Å². The van der Waals surface area contributed by atoms with Crippen LogP contribution in [0.1, 0.15) is 68.1 Å². The van der Waals surface area contributed by atoms with Crippen LogP contribution in [0, 0.1) is 5.92 Å². The number of nitrogens with zero attached hydrogens (tertiary/aromatic N) is 3. The van der Waals surface area contributed by atoms with Crippen LogP contribution < -0.4 is 14.8 Å². The minimum atomic E-state index is -3.59. The molecule has 0 bridgehead atoms. The Morgan fingerprint density at radius 1 is 1.00 bits per heavy atom. The number of aryl methyl sites for hydroxylation is 1. The summed E-state index contributed by atoms with van der Waals surface area (Å²) in [5, 5.41) is 3.98. The van der Waals surface area contributed by atoms with Gasteiger partial charge < -0.3 is 19.5 Å². The molecule has 2 fully saturated rings. The molecule has 1 aromatic heterocycles. The highest BCUT2D eigenvalue weighted by Crippen LogP contribution is 2.39. The Labute approximate surface area is 267 Å². The number of methoxy groups -OCH3 is 1. The number of piperidine rings is 1. The first kappa shape index (κ1) is 32.8. The van der Waals surface area contributed by atoms with Crippen LogP contribution in [0.5, 0.6) is 5.75 Å². The molecule has 2 aromatic carbocycles. The SMILES string of the molecule is COc1c(NC(=O)c2cc3cccc(CC4CCN(C(=O)[C@H]5CCCN5C)CC4)c3n2C)cc(C(C)(C)C)cc1NS(C)(=O)=O. The average molecular weight is 638 g/mol. The van der Waals surface area contributed by atoms with Gasteiger partial charge in [0.15, 0.2) is 5.75 Å². The predicted molar refractivity (Wildman–Crippen MR) is 180 cm³/mol. The number of anilines is 2. The molecule has 0 saturated carbocycles. The van der Waals surface area contributed by atoms with Crippen LogP contribution in [-0.2, 0) is 33.7 Å². The van der Waals surface area contributed by atoms with Crippen molar-refractivity contribution in [1.29, 1.82) is 0 Å². The second kappa shape index (κ2) is 12.7. The third-order valence-electron chi connectivity index (χ3n) is 9.32. The van der Waals surface area contributed by atoms with Crippen molar-refractivity contribution >= 4 is 44.1 Å². The van der Waals surface area contributed by atoms with Gasteiger partial charge in [-0.3, -0.25) is 19.2 Å². The molecule has 244 valence electrons. The number of ether oxygens (including phenoxy) is 1. The van der Waals surface area contributed by atoms with Gasteiger partial charge in [-0.2, -0.15) is 0 Å². The number of likely N-dealkylation sites (N-methyl/N-ethyl adjacent to an activating group) is 1. The lowest BCUT2D eigenvalue weighted by Crippen LogP contribution is -2.47. The van der Waals surface area contributed by atoms with Gasteiger partial charge in [0.25, 0.3) is 5.91 Å². The molecule has 0 spiro atoms. The van der Waals surface area contributed by atoms with Gasteiger partial charge in [-0.05, 0) is 86.4 Å². The number of para-hydroxylation sites is 1. The third-order valence-corrected chi connectivity index (χ3v) is 9.91. The van der Waals surface area contributed by atoms with Gasteiger partial charge in [0.2, 0.25) is 15.9 Å². The second-order valence-electron chi connectivity index (χ2n) is 13.7. The van der Waals surface area contributed by atoms with Crippen molar-refractivity contribution in [1.82, 2.24) is 14.4 Å². The summed E-state index contributed by atoms with van der Waals surface area (Å²) in [6, 6.07) is 11.7. The number of benzene rings is 2. The predicted octanol–water partition coefficient (Wildman–Crippen LogP) is 4.98. The number of hydrogen-bond acceptors (Lipinski definition) is 6. The lowest BCUT2D eigenvalue weighted by molar-refractivity contribution is -0.137. The van der Waals surface area contributed by atoms with Crippen molar-refractivity contribution in [2.24, 2.45) is 13.0 Å². The van der Waals surface area contributed by atoms with E-state index in [1.165, 1.54) is 12.7 Å². The van der Waals surface area contributed by atoms with E-state index in [1.807, 2.05) is 68.6 Å². The van der Waals surface area contributed by atoms with Gasteiger partial charge in [-0.25, -0.2) is 8.42 Å². The smallest absolute Gasteiger partial charge is 0.272 e. The average Bonchev–Trinajstić information content (AvgIpc) is 3.55. The Kier molecular flexibility index (Phi) is 9.24. The number of aromatic nitrogens is 1. The summed E-state index contributed by atoms with van der Waals surface area (Å²) in [6.45, 7) is 8.63. The van der Waals surface area contributed by atoms with Crippen molar-refractivity contribution < 1.29 is 22.7 Å². The number of nitrogens with one attached hydrogen (secondary N) is 2. The van der Waals surface area contributed by atoms with E-state index in [9.17, 15) is 18.0 Å². The third kappa shape index (κ3) is 7.14. The number of rotatable bonds is 8. The number of hydrogen-bond donors (Lipinski definition) is 2. The van der Waals surface area contributed by atoms with Gasteiger partial charge >= 0.3 is 0 Å². The molecular weight excluding hydrogens is 590 g/mol. The number of carbonyl (C=O) groups is 2. The van der Waals surface area contributed by atoms with Crippen LogP contribution in [0.2, 0.25) is 0 Å². The molecule has 2 aliphatic rings. The Bertz CT molecular complexity index is 1700. The summed E-state index contributed by atoms with van der Waals surface area (Å²) < 4.78 is 34.4. The maximum absolute atomic E-state index is 13.8. The van der Waals surface area contributed by atoms with E-state index in [0.717, 1.165) is 74.5 Å². The Hall–Kier alpha value is -3.57. The zero-order valence-electron chi connectivity index (χ0n) is 27.6. The van der Waals surface area contributed by atoms with E-state index in [2.05, 4.69) is 21.0 Å². The molecule has 5 rings (SSSR count). The molecule has 0 aliphatic carbocycles. The maximum atomic E-state index is 13.8. The molecule has 3 aromatic rings. The number of sulfonamides is 1. The first-order chi connectivity index (χ1) is 21.2. The van der Waals surface area contributed by atoms with Crippen molar-refractivity contribution in [3.05, 3.63) is 53.2 Å². The molecular formula is C34H47N5O5S. The molecule has 10 nitrogen and oxygen atoms in total. The summed E-state index contributed by atoms with van der Waals surface area (Å²) in [7, 11) is 1.81. The number of carbonyl (C=O) groups excluding carboxylic acids is 2. The maximum Gasteiger partial charge on any atom is 0.272 e. The fraction of sp³-hybridized carbons (Fsp3) is 0.529. The summed E-state index contributed by atoms with van der Waals surface area (Å²) in [4.78, 5) is 31.1. The van der Waals surface area contributed by atoms with E-state index < -0.39 is 10.0 Å². The number of likely N-dealkylation sites (tertiary alicyclic amines) is 2. The molecule has 2 saturated heterocycles. The molecule has 2 aliphatic heterocycles. The van der Waals surface area contributed by atoms with Crippen molar-refractivity contribution in [3.8, 4) is 5.75 Å². The molecule has 1 atom stereocenters. The summed E-state index contributed by atoms with van der Waals surface area (Å²) >= 11 is 0. The normalized spacial score (nSPS) is 18.4. The van der Waals surface area contributed by atoms with Gasteiger partial charge in [0.05, 0.1) is 36.3 Å². The monoisotopic (exact) mass is 637 g/mol. The topological polar surface area (TPSA) is 113 Å². The molecule has 45 heavy (non-hydrogen) atoms. The lowest BCUT2D eigenvalue weighted by atomic mass is 9.86. The van der Waals surface area contributed by atoms with E-state index >= 15 is 0 Å². The quantitative estimate of drug-likeness (QED) is 0.360. The molecule has 0 unspecified atom stereocenters. The molecule has 2 amide bonds. The number of fused-ring (bicyclic) bond motifs is 1. The Morgan fingerprint density at radius 2 is 1.69 bits per heavy atom. The van der Waals surface area contributed by atoms with Crippen LogP contribution in [-0.4, -0.2) is 80.7 Å². The van der Waals surface area contributed by atoms with Gasteiger partial charge in [0.1, 0.15) is 5.69 Å². The van der Waals surface area contributed by atoms with Crippen LogP contribution >= 0.6 is 0 Å². The highest BCUT2D eigenvalue weighted by molar-refractivity contribution is 7.92. The van der Waals surface area contributed by atoms with E-state index in [4.69, 9.17) is 4.74 Å². The molecule has 2 N–H and O–H groups in total. The molecule has 3 heterocycles. The van der Waals surface area contributed by atoms with Gasteiger partial charge in [-0.1, -0.05) is 39.0 Å². The first-order valence-corrected chi connectivity index (χ1v) is 17.6. The van der Waals surface area contributed by atoms with Crippen LogP contribution in [0.25, 0.3) is 10.9 Å². The van der Waals surface area contributed by atoms with Crippen LogP contribution in [0.15, 0.2) is 36.4 Å². The van der Waals surface area contributed by atoms with Crippen molar-refractivity contribution in [2.75, 3.05) is 50.1 Å². The van der Waals surface area contributed by atoms with Crippen LogP contribution in [0.3, 0.4) is 0 Å². The fourth-order valence-electron chi connectivity index (χ4n) is 6.82. The number of amides is 2. The highest BCUT2D eigenvalue weighted by Gasteiger charge is 2.33. The standard InChI is InChI=1S/C34H47N5O5S/c1-34(2,3)25-20-26(31(44-6)27(21-25)36-45(7,42)43)35-32(40)29-19-24-11-8-10-23(30(24)38(29)5)18-22-13-16-39(17-14-22)33(41)28-12-9-15-37(28)4/h8,10-11,19-22,28,36H,9,12-18H2,1-7H3,(H,35,40)/t28-/m1/s1. The Balaban J connectivity index is 1.36. The zero-order valence-corrected chi connectivity index (χ0v) is 28.4. The van der Waals surface area contributed by atoms with Gasteiger partial charge in [0, 0.05) is 25.5 Å². The summed E-state index contributed by atoms with van der Waals surface area (Å²) in [5.74, 6) is 0.652. The summed E-state index contributed by atoms with van der Waals surface area (Å²) in [5.41, 5.74) is 3.86. The van der Waals surface area contributed by atoms with Crippen molar-refractivity contribution in [3.63, 3.8) is 0 Å². The van der Waals surface area contributed by atoms with E-state index in [1.54, 1.807) is 6.07 Å². The van der Waals surface area contributed by atoms with Crippen molar-refractivity contribution in [2.45, 2.75) is 64.3 Å². The minimum Gasteiger partial charge on any atom is -0.492 e. The van der Waals surface area contributed by atoms with Crippen LogP contribution in [0.4, 0.5) is 11.4 Å². The minimum absolute atomic E-state index is 0.0293. The molecule has 11 heteroatoms. The fourth-order valence-corrected chi connectivity index (χ4v) is 7.37. The highest BCUT2D eigenvalue weighted by atomic mass is 32.2. The molecule has 0 radical (unpaired) electrons. The summed E-state index contributed by atoms with van der Waals surface area (Å²) in [6.07, 6.45) is 5.92. The first-order valence-electron chi connectivity index (χ1n) is 15.7. The van der Waals surface area contributed by atoms with Gasteiger partial charge in [-0.15, -0.1) is 0 Å². The second-order valence-corrected chi connectivity index (χ2v) is 15.5. The lowest BCUT2D eigenvalue weighted by Gasteiger charge is -2.35.